The molecule has 0 aliphatic carbocycles. The fraction of sp³-hybridized carbons (Fsp3) is 0.353. The molecule has 2 unspecified atom stereocenters. The van der Waals surface area contributed by atoms with E-state index in [0.717, 1.165) is 12.8 Å². The molecule has 0 bridgehead atoms. The molecule has 1 aromatic heterocycles. The van der Waals surface area contributed by atoms with E-state index in [1.165, 1.54) is 11.1 Å². The number of rotatable bonds is 6. The van der Waals surface area contributed by atoms with Crippen molar-refractivity contribution < 1.29 is 0 Å². The van der Waals surface area contributed by atoms with Crippen LogP contribution < -0.4 is 5.32 Å². The minimum absolute atomic E-state index is 0.454. The third kappa shape index (κ3) is 3.65. The number of hydrogen-bond acceptors (Lipinski definition) is 2. The predicted molar refractivity (Wildman–Crippen MR) is 80.3 cm³/mol. The van der Waals surface area contributed by atoms with Crippen LogP contribution in [0.15, 0.2) is 54.9 Å². The van der Waals surface area contributed by atoms with Gasteiger partial charge in [-0.15, -0.1) is 0 Å². The van der Waals surface area contributed by atoms with E-state index >= 15 is 0 Å². The lowest BCUT2D eigenvalue weighted by Crippen LogP contribution is -2.34. The van der Waals surface area contributed by atoms with E-state index in [2.05, 4.69) is 66.7 Å². The number of likely N-dealkylation sites (N-methyl/N-ethyl adjacent to an activating group) is 1. The first-order valence-corrected chi connectivity index (χ1v) is 6.96. The lowest BCUT2D eigenvalue weighted by Gasteiger charge is -2.26. The molecule has 1 N–H and O–H groups in total. The van der Waals surface area contributed by atoms with Crippen molar-refractivity contribution in [1.82, 2.24) is 10.3 Å². The van der Waals surface area contributed by atoms with Gasteiger partial charge in [0.1, 0.15) is 0 Å². The van der Waals surface area contributed by atoms with Crippen LogP contribution in [-0.4, -0.2) is 18.1 Å². The van der Waals surface area contributed by atoms with Crippen LogP contribution in [0.25, 0.3) is 0 Å². The first-order chi connectivity index (χ1) is 9.35. The van der Waals surface area contributed by atoms with Gasteiger partial charge >= 0.3 is 0 Å². The molecular formula is C17H22N2. The number of aromatic nitrogens is 1. The van der Waals surface area contributed by atoms with E-state index in [1.807, 2.05) is 12.4 Å². The summed E-state index contributed by atoms with van der Waals surface area (Å²) in [4.78, 5) is 4.08. The van der Waals surface area contributed by atoms with Gasteiger partial charge in [0.25, 0.3) is 0 Å². The Morgan fingerprint density at radius 1 is 1.05 bits per heavy atom. The van der Waals surface area contributed by atoms with Gasteiger partial charge in [0.2, 0.25) is 0 Å². The van der Waals surface area contributed by atoms with Crippen molar-refractivity contribution in [2.75, 3.05) is 7.05 Å². The Bertz CT molecular complexity index is 467. The van der Waals surface area contributed by atoms with Gasteiger partial charge < -0.3 is 5.32 Å². The third-order valence-electron chi connectivity index (χ3n) is 3.73. The molecule has 2 rings (SSSR count). The van der Waals surface area contributed by atoms with Crippen LogP contribution in [-0.2, 0) is 6.42 Å². The Morgan fingerprint density at radius 3 is 2.32 bits per heavy atom. The maximum absolute atomic E-state index is 4.08. The second-order valence-corrected chi connectivity index (χ2v) is 4.88. The molecule has 2 aromatic rings. The molecule has 1 aromatic carbocycles. The summed E-state index contributed by atoms with van der Waals surface area (Å²) in [6.45, 7) is 2.26. The molecule has 2 nitrogen and oxygen atoms in total. The molecule has 0 aliphatic rings. The van der Waals surface area contributed by atoms with Gasteiger partial charge in [-0.3, -0.25) is 4.98 Å². The van der Waals surface area contributed by atoms with Crippen LogP contribution in [0, 0.1) is 0 Å². The molecule has 0 fully saturated rings. The number of pyridine rings is 1. The zero-order valence-electron chi connectivity index (χ0n) is 11.7. The lowest BCUT2D eigenvalue weighted by molar-refractivity contribution is 0.448. The molecular weight excluding hydrogens is 232 g/mol. The normalized spacial score (nSPS) is 14.0. The molecule has 1 heterocycles. The molecule has 100 valence electrons. The molecule has 0 spiro atoms. The Labute approximate surface area is 115 Å². The molecule has 2 heteroatoms. The summed E-state index contributed by atoms with van der Waals surface area (Å²) < 4.78 is 0. The van der Waals surface area contributed by atoms with Crippen molar-refractivity contribution in [2.24, 2.45) is 0 Å². The van der Waals surface area contributed by atoms with Crippen LogP contribution in [0.5, 0.6) is 0 Å². The van der Waals surface area contributed by atoms with Crippen LogP contribution in [0.3, 0.4) is 0 Å². The maximum atomic E-state index is 4.08. The summed E-state index contributed by atoms with van der Waals surface area (Å²) in [7, 11) is 2.05. The van der Waals surface area contributed by atoms with Gasteiger partial charge in [0.15, 0.2) is 0 Å². The van der Waals surface area contributed by atoms with Crippen LogP contribution in [0.1, 0.15) is 30.4 Å². The van der Waals surface area contributed by atoms with Crippen LogP contribution in [0.2, 0.25) is 0 Å². The fourth-order valence-electron chi connectivity index (χ4n) is 2.67. The largest absolute Gasteiger partial charge is 0.316 e. The highest BCUT2D eigenvalue weighted by Crippen LogP contribution is 2.25. The summed E-state index contributed by atoms with van der Waals surface area (Å²) in [6.07, 6.45) is 5.91. The van der Waals surface area contributed by atoms with E-state index in [0.29, 0.717) is 12.0 Å². The van der Waals surface area contributed by atoms with Gasteiger partial charge in [-0.05, 0) is 49.1 Å². The molecule has 0 aliphatic heterocycles. The third-order valence-corrected chi connectivity index (χ3v) is 3.73. The molecule has 19 heavy (non-hydrogen) atoms. The summed E-state index contributed by atoms with van der Waals surface area (Å²) >= 11 is 0. The average molecular weight is 254 g/mol. The van der Waals surface area contributed by atoms with E-state index < -0.39 is 0 Å². The minimum Gasteiger partial charge on any atom is -0.316 e. The summed E-state index contributed by atoms with van der Waals surface area (Å²) in [5.74, 6) is 0.541. The zero-order valence-corrected chi connectivity index (χ0v) is 11.7. The fourth-order valence-corrected chi connectivity index (χ4v) is 2.67. The van der Waals surface area contributed by atoms with Crippen molar-refractivity contribution in [3.05, 3.63) is 66.0 Å². The van der Waals surface area contributed by atoms with E-state index in [-0.39, 0.29) is 0 Å². The van der Waals surface area contributed by atoms with Gasteiger partial charge in [0, 0.05) is 18.4 Å². The van der Waals surface area contributed by atoms with E-state index in [4.69, 9.17) is 0 Å². The minimum atomic E-state index is 0.454. The monoisotopic (exact) mass is 254 g/mol. The molecule has 2 atom stereocenters. The standard InChI is InChI=1S/C17H22N2/c1-3-16(15-7-5-4-6-8-15)17(18-2)13-14-9-11-19-12-10-14/h4-12,16-18H,3,13H2,1-2H3. The smallest absolute Gasteiger partial charge is 0.0270 e. The summed E-state index contributed by atoms with van der Waals surface area (Å²) in [5.41, 5.74) is 2.75. The van der Waals surface area contributed by atoms with Crippen LogP contribution >= 0.6 is 0 Å². The highest BCUT2D eigenvalue weighted by molar-refractivity contribution is 5.23. The van der Waals surface area contributed by atoms with Crippen molar-refractivity contribution >= 4 is 0 Å². The first kappa shape index (κ1) is 13.8. The predicted octanol–water partition coefficient (Wildman–Crippen LogP) is 3.41. The highest BCUT2D eigenvalue weighted by Gasteiger charge is 2.20. The van der Waals surface area contributed by atoms with Gasteiger partial charge in [-0.2, -0.15) is 0 Å². The van der Waals surface area contributed by atoms with E-state index in [1.54, 1.807) is 0 Å². The lowest BCUT2D eigenvalue weighted by atomic mass is 9.86. The summed E-state index contributed by atoms with van der Waals surface area (Å²) in [5, 5.41) is 3.48. The summed E-state index contributed by atoms with van der Waals surface area (Å²) in [6, 6.07) is 15.4. The Balaban J connectivity index is 2.15. The zero-order chi connectivity index (χ0) is 13.5. The van der Waals surface area contributed by atoms with Gasteiger partial charge in [-0.1, -0.05) is 37.3 Å². The van der Waals surface area contributed by atoms with Crippen molar-refractivity contribution in [3.8, 4) is 0 Å². The van der Waals surface area contributed by atoms with Gasteiger partial charge in [-0.25, -0.2) is 0 Å². The molecule has 0 saturated carbocycles. The SMILES string of the molecule is CCC(c1ccccc1)C(Cc1ccncc1)NC. The van der Waals surface area contributed by atoms with Crippen molar-refractivity contribution in [2.45, 2.75) is 31.7 Å². The number of nitrogens with one attached hydrogen (secondary N) is 1. The molecule has 0 radical (unpaired) electrons. The van der Waals surface area contributed by atoms with Crippen molar-refractivity contribution in [1.29, 1.82) is 0 Å². The number of nitrogens with zero attached hydrogens (tertiary/aromatic N) is 1. The number of hydrogen-bond donors (Lipinski definition) is 1. The van der Waals surface area contributed by atoms with Crippen LogP contribution in [0.4, 0.5) is 0 Å². The van der Waals surface area contributed by atoms with E-state index in [9.17, 15) is 0 Å². The maximum Gasteiger partial charge on any atom is 0.0270 e. The Morgan fingerprint density at radius 2 is 1.74 bits per heavy atom. The average Bonchev–Trinajstić information content (AvgIpc) is 2.49. The highest BCUT2D eigenvalue weighted by atomic mass is 14.9. The van der Waals surface area contributed by atoms with Crippen molar-refractivity contribution in [3.63, 3.8) is 0 Å². The molecule has 0 saturated heterocycles. The number of benzene rings is 1. The van der Waals surface area contributed by atoms with Gasteiger partial charge in [0.05, 0.1) is 0 Å². The Hall–Kier alpha value is -1.67. The quantitative estimate of drug-likeness (QED) is 0.854. The topological polar surface area (TPSA) is 24.9 Å². The second-order valence-electron chi connectivity index (χ2n) is 4.88. The molecule has 0 amide bonds. The second kappa shape index (κ2) is 7.05. The first-order valence-electron chi connectivity index (χ1n) is 6.96. The Kier molecular flexibility index (Phi) is 5.10.